The van der Waals surface area contributed by atoms with Crippen molar-refractivity contribution in [3.8, 4) is 0 Å². The van der Waals surface area contributed by atoms with Gasteiger partial charge in [0.1, 0.15) is 0 Å². The quantitative estimate of drug-likeness (QED) is 0.467. The molecule has 0 aromatic heterocycles. The Labute approximate surface area is 95.6 Å². The molecule has 1 fully saturated rings. The maximum absolute atomic E-state index is 10.9. The molecule has 0 aliphatic carbocycles. The van der Waals surface area contributed by atoms with E-state index in [1.807, 2.05) is 12.1 Å². The monoisotopic (exact) mass is 219 g/mol. The van der Waals surface area contributed by atoms with Crippen LogP contribution < -0.4 is 5.84 Å². The summed E-state index contributed by atoms with van der Waals surface area (Å²) in [6.07, 6.45) is 3.46. The zero-order valence-corrected chi connectivity index (χ0v) is 9.47. The van der Waals surface area contributed by atoms with E-state index in [0.717, 1.165) is 19.5 Å². The van der Waals surface area contributed by atoms with Crippen LogP contribution in [0.4, 0.5) is 5.69 Å². The van der Waals surface area contributed by atoms with Gasteiger partial charge in [0, 0.05) is 18.7 Å². The minimum atomic E-state index is 0.389. The third-order valence-electron chi connectivity index (χ3n) is 3.05. The third kappa shape index (κ3) is 2.39. The van der Waals surface area contributed by atoms with Gasteiger partial charge in [-0.15, -0.1) is 0 Å². The van der Waals surface area contributed by atoms with Gasteiger partial charge in [0.05, 0.1) is 4.91 Å². The number of nitrogens with zero attached hydrogens (tertiary/aromatic N) is 2. The highest BCUT2D eigenvalue weighted by molar-refractivity contribution is 5.35. The first-order valence-corrected chi connectivity index (χ1v) is 5.50. The van der Waals surface area contributed by atoms with Gasteiger partial charge in [-0.05, 0) is 37.9 Å². The van der Waals surface area contributed by atoms with Crippen molar-refractivity contribution in [1.29, 1.82) is 0 Å². The smallest absolute Gasteiger partial charge is 0.291 e. The van der Waals surface area contributed by atoms with E-state index in [1.54, 1.807) is 12.1 Å². The molecule has 1 saturated heterocycles. The van der Waals surface area contributed by atoms with E-state index >= 15 is 0 Å². The molecule has 1 atom stereocenters. The van der Waals surface area contributed by atoms with Crippen LogP contribution in [-0.2, 0) is 0 Å². The van der Waals surface area contributed by atoms with Gasteiger partial charge in [-0.3, -0.25) is 0 Å². The zero-order valence-electron chi connectivity index (χ0n) is 9.47. The lowest BCUT2D eigenvalue weighted by Gasteiger charge is -2.29. The third-order valence-corrected chi connectivity index (χ3v) is 3.05. The Morgan fingerprint density at radius 2 is 2.06 bits per heavy atom. The number of hydrazine groups is 1. The van der Waals surface area contributed by atoms with Crippen LogP contribution in [0.2, 0.25) is 0 Å². The van der Waals surface area contributed by atoms with Crippen LogP contribution in [0, 0.1) is 11.3 Å². The number of piperidine rings is 1. The van der Waals surface area contributed by atoms with Crippen LogP contribution in [0.25, 0.3) is 0 Å². The lowest BCUT2D eigenvalue weighted by Crippen LogP contribution is -2.31. The number of hydrogen-bond acceptors (Lipinski definition) is 2. The summed E-state index contributed by atoms with van der Waals surface area (Å²) in [6.45, 7) is 2.18. The van der Waals surface area contributed by atoms with Gasteiger partial charge < -0.3 is 4.90 Å². The summed E-state index contributed by atoms with van der Waals surface area (Å²) in [5.74, 6) is 5.59. The fraction of sp³-hybridized carbons (Fsp3) is 0.417. The number of rotatable bonds is 2. The molecular formula is C12H17N3O+. The first-order chi connectivity index (χ1) is 7.66. The van der Waals surface area contributed by atoms with Gasteiger partial charge in [-0.1, -0.05) is 12.1 Å². The summed E-state index contributed by atoms with van der Waals surface area (Å²) in [5.41, 5.74) is 1.74. The molecule has 2 N–H and O–H groups in total. The van der Waals surface area contributed by atoms with E-state index in [1.165, 1.54) is 5.56 Å². The number of nitroso groups, excluding NO2 is 1. The molecular weight excluding hydrogens is 202 g/mol. The van der Waals surface area contributed by atoms with Crippen molar-refractivity contribution in [2.75, 3.05) is 20.1 Å². The van der Waals surface area contributed by atoms with Gasteiger partial charge in [0.2, 0.25) is 0 Å². The van der Waals surface area contributed by atoms with Crippen LogP contribution in [0.15, 0.2) is 24.3 Å². The van der Waals surface area contributed by atoms with E-state index in [-0.39, 0.29) is 0 Å². The summed E-state index contributed by atoms with van der Waals surface area (Å²) < 4.78 is 0. The molecule has 0 saturated carbocycles. The van der Waals surface area contributed by atoms with Crippen molar-refractivity contribution >= 4 is 5.69 Å². The highest BCUT2D eigenvalue weighted by Gasteiger charge is 2.19. The molecule has 0 spiro atoms. The Kier molecular flexibility index (Phi) is 3.19. The van der Waals surface area contributed by atoms with E-state index < -0.39 is 0 Å². The van der Waals surface area contributed by atoms with Gasteiger partial charge in [-0.2, -0.15) is 5.84 Å². The number of likely N-dealkylation sites (tertiary alicyclic amines) is 1. The van der Waals surface area contributed by atoms with Gasteiger partial charge in [-0.25, -0.2) is 0 Å². The fourth-order valence-corrected chi connectivity index (χ4v) is 2.11. The second kappa shape index (κ2) is 4.61. The summed E-state index contributed by atoms with van der Waals surface area (Å²) >= 11 is 0. The predicted molar refractivity (Wildman–Crippen MR) is 63.1 cm³/mol. The summed E-state index contributed by atoms with van der Waals surface area (Å²) in [5, 5.41) is 0. The van der Waals surface area contributed by atoms with Crippen LogP contribution >= 0.6 is 0 Å². The second-order valence-electron chi connectivity index (χ2n) is 4.31. The Hall–Kier alpha value is -1.42. The molecule has 0 bridgehead atoms. The van der Waals surface area contributed by atoms with Crippen molar-refractivity contribution in [2.45, 2.75) is 12.3 Å². The topological polar surface area (TPSA) is 49.3 Å². The molecule has 4 heteroatoms. The molecule has 85 valence electrons. The number of nitrogens with two attached hydrogens (primary N) is 1. The molecule has 1 aromatic carbocycles. The summed E-state index contributed by atoms with van der Waals surface area (Å²) in [7, 11) is 2.13. The minimum absolute atomic E-state index is 0.389. The second-order valence-corrected chi connectivity index (χ2v) is 4.31. The van der Waals surface area contributed by atoms with Crippen LogP contribution in [0.5, 0.6) is 0 Å². The molecule has 16 heavy (non-hydrogen) atoms. The average molecular weight is 219 g/mol. The molecule has 1 heterocycles. The normalized spacial score (nSPS) is 21.9. The maximum Gasteiger partial charge on any atom is 0.291 e. The van der Waals surface area contributed by atoms with Crippen molar-refractivity contribution in [2.24, 2.45) is 5.84 Å². The molecule has 0 amide bonds. The fourth-order valence-electron chi connectivity index (χ4n) is 2.11. The van der Waals surface area contributed by atoms with Gasteiger partial charge >= 0.3 is 0 Å². The SMILES string of the molecule is CN1CC[CH]C(c2ccc([N+](N)=O)cc2)C1. The van der Waals surface area contributed by atoms with E-state index in [9.17, 15) is 4.91 Å². The van der Waals surface area contributed by atoms with Gasteiger partial charge in [0.15, 0.2) is 4.87 Å². The van der Waals surface area contributed by atoms with Crippen LogP contribution in [-0.4, -0.2) is 29.9 Å². The zero-order chi connectivity index (χ0) is 11.5. The Bertz CT molecular complexity index is 374. The Balaban J connectivity index is 2.11. The summed E-state index contributed by atoms with van der Waals surface area (Å²) in [6, 6.07) is 7.50. The molecule has 1 unspecified atom stereocenters. The Morgan fingerprint density at radius 3 is 2.62 bits per heavy atom. The molecule has 4 nitrogen and oxygen atoms in total. The maximum atomic E-state index is 10.9. The largest absolute Gasteiger partial charge is 0.306 e. The van der Waals surface area contributed by atoms with Crippen LogP contribution in [0.3, 0.4) is 0 Å². The van der Waals surface area contributed by atoms with Crippen molar-refractivity contribution in [1.82, 2.24) is 4.90 Å². The first kappa shape index (κ1) is 11.1. The van der Waals surface area contributed by atoms with E-state index in [4.69, 9.17) is 5.84 Å². The predicted octanol–water partition coefficient (Wildman–Crippen LogP) is 1.59. The van der Waals surface area contributed by atoms with Gasteiger partial charge in [0.25, 0.3) is 5.69 Å². The Morgan fingerprint density at radius 1 is 1.38 bits per heavy atom. The number of benzene rings is 1. The molecule has 1 aliphatic rings. The van der Waals surface area contributed by atoms with E-state index in [0.29, 0.717) is 16.5 Å². The summed E-state index contributed by atoms with van der Waals surface area (Å²) in [4.78, 5) is 13.6. The highest BCUT2D eigenvalue weighted by atomic mass is 16.3. The minimum Gasteiger partial charge on any atom is -0.306 e. The highest BCUT2D eigenvalue weighted by Crippen LogP contribution is 2.26. The molecule has 1 aliphatic heterocycles. The average Bonchev–Trinajstić information content (AvgIpc) is 2.29. The molecule has 1 aromatic rings. The molecule has 2 rings (SSSR count). The van der Waals surface area contributed by atoms with E-state index in [2.05, 4.69) is 18.4 Å². The standard InChI is InChI=1S/C12H17N3O/c1-14-8-2-3-11(9-14)10-4-6-12(7-5-10)15(13)16/h3-7,11H,2,8-9H2,1H3,(H2,13,16)/q+1. The first-order valence-electron chi connectivity index (χ1n) is 5.50. The lowest BCUT2D eigenvalue weighted by molar-refractivity contribution is -0.474. The number of hydrogen-bond donors (Lipinski definition) is 1. The van der Waals surface area contributed by atoms with Crippen molar-refractivity contribution < 1.29 is 4.87 Å². The number of likely N-dealkylation sites (N-methyl/N-ethyl adjacent to an activating group) is 1. The lowest BCUT2D eigenvalue weighted by atomic mass is 9.91. The van der Waals surface area contributed by atoms with Crippen molar-refractivity contribution in [3.63, 3.8) is 0 Å². The van der Waals surface area contributed by atoms with Crippen LogP contribution in [0.1, 0.15) is 17.9 Å². The molecule has 1 radical (unpaired) electrons. The van der Waals surface area contributed by atoms with Crippen molar-refractivity contribution in [3.05, 3.63) is 41.2 Å².